The summed E-state index contributed by atoms with van der Waals surface area (Å²) in [5.41, 5.74) is 0.486. The fraction of sp³-hybridized carbons (Fsp3) is 0.588. The van der Waals surface area contributed by atoms with E-state index in [-0.39, 0.29) is 19.4 Å². The number of methoxy groups -OCH3 is 3. The summed E-state index contributed by atoms with van der Waals surface area (Å²) in [5, 5.41) is 2.98. The van der Waals surface area contributed by atoms with Gasteiger partial charge >= 0.3 is 0 Å². The molecule has 0 radical (unpaired) electrons. The van der Waals surface area contributed by atoms with Crippen LogP contribution in [-0.4, -0.2) is 33.3 Å². The van der Waals surface area contributed by atoms with Crippen LogP contribution >= 0.6 is 0 Å². The summed E-state index contributed by atoms with van der Waals surface area (Å²) in [5.74, 6) is 1.80. The van der Waals surface area contributed by atoms with Crippen LogP contribution in [0.15, 0.2) is 12.1 Å². The molecule has 0 spiro atoms. The van der Waals surface area contributed by atoms with Crippen molar-refractivity contribution in [2.45, 2.75) is 40.7 Å². The Morgan fingerprint density at radius 3 is 1.91 bits per heavy atom. The number of hydrogen-bond donors (Lipinski definition) is 1. The molecule has 1 rings (SSSR count). The van der Waals surface area contributed by atoms with Crippen LogP contribution in [0.25, 0.3) is 0 Å². The number of hydrogen-bond acceptors (Lipinski definition) is 4. The Morgan fingerprint density at radius 1 is 1.05 bits per heavy atom. The number of carbonyl (C=O) groups excluding carboxylic acids is 1. The zero-order valence-corrected chi connectivity index (χ0v) is 13.6. The van der Waals surface area contributed by atoms with Crippen molar-refractivity contribution in [1.82, 2.24) is 5.32 Å². The van der Waals surface area contributed by atoms with Gasteiger partial charge in [-0.15, -0.1) is 0 Å². The fourth-order valence-electron chi connectivity index (χ4n) is 2.29. The third-order valence-electron chi connectivity index (χ3n) is 3.13. The third kappa shape index (κ3) is 5.13. The Morgan fingerprint density at radius 2 is 1.55 bits per heavy atom. The van der Waals surface area contributed by atoms with E-state index in [4.69, 9.17) is 14.2 Å². The van der Waals surface area contributed by atoms with Crippen molar-refractivity contribution >= 4 is 5.91 Å². The van der Waals surface area contributed by atoms with Gasteiger partial charge in [0, 0.05) is 11.6 Å². The molecule has 0 bridgehead atoms. The Labute approximate surface area is 134 Å². The van der Waals surface area contributed by atoms with Gasteiger partial charge in [0.05, 0.1) is 21.3 Å². The summed E-state index contributed by atoms with van der Waals surface area (Å²) in [6.07, 6.45) is 0.927. The first-order valence-electron chi connectivity index (χ1n) is 7.03. The monoisotopic (exact) mass is 311 g/mol. The minimum Gasteiger partial charge on any atom is -0.493 e. The quantitative estimate of drug-likeness (QED) is 0.837. The normalized spacial score (nSPS) is 11.4. The maximum absolute atomic E-state index is 12.3. The summed E-state index contributed by atoms with van der Waals surface area (Å²) >= 11 is 0. The average molecular weight is 311 g/mol. The van der Waals surface area contributed by atoms with Crippen molar-refractivity contribution in [3.63, 3.8) is 0 Å². The fourth-order valence-corrected chi connectivity index (χ4v) is 2.29. The van der Waals surface area contributed by atoms with Crippen molar-refractivity contribution in [2.75, 3.05) is 21.3 Å². The molecule has 0 aromatic heterocycles. The summed E-state index contributed by atoms with van der Waals surface area (Å²) in [6, 6.07) is 3.41. The number of benzene rings is 1. The minimum absolute atomic E-state index is 0. The van der Waals surface area contributed by atoms with Gasteiger partial charge in [0.1, 0.15) is 0 Å². The second-order valence-corrected chi connectivity index (χ2v) is 5.42. The molecule has 0 saturated carbocycles. The second-order valence-electron chi connectivity index (χ2n) is 5.42. The Kier molecular flexibility index (Phi) is 8.38. The molecule has 0 aliphatic rings. The van der Waals surface area contributed by atoms with E-state index in [1.54, 1.807) is 12.1 Å². The van der Waals surface area contributed by atoms with E-state index in [1.165, 1.54) is 21.3 Å². The highest BCUT2D eigenvalue weighted by molar-refractivity contribution is 5.95. The molecule has 0 unspecified atom stereocenters. The van der Waals surface area contributed by atoms with E-state index in [0.29, 0.717) is 28.7 Å². The van der Waals surface area contributed by atoms with Crippen LogP contribution in [0.4, 0.5) is 0 Å². The van der Waals surface area contributed by atoms with E-state index >= 15 is 0 Å². The Balaban J connectivity index is 0.00000441. The highest BCUT2D eigenvalue weighted by atomic mass is 16.5. The average Bonchev–Trinajstić information content (AvgIpc) is 2.44. The van der Waals surface area contributed by atoms with Crippen molar-refractivity contribution in [1.29, 1.82) is 0 Å². The summed E-state index contributed by atoms with van der Waals surface area (Å²) in [4.78, 5) is 12.3. The minimum atomic E-state index is -0.151. The van der Waals surface area contributed by atoms with Gasteiger partial charge in [-0.1, -0.05) is 21.3 Å². The van der Waals surface area contributed by atoms with Crippen LogP contribution in [0, 0.1) is 5.92 Å². The molecule has 0 heterocycles. The molecule has 22 heavy (non-hydrogen) atoms. The molecule has 0 aliphatic carbocycles. The van der Waals surface area contributed by atoms with Crippen LogP contribution in [-0.2, 0) is 0 Å². The van der Waals surface area contributed by atoms with E-state index in [2.05, 4.69) is 19.2 Å². The van der Waals surface area contributed by atoms with Gasteiger partial charge in [0.25, 0.3) is 5.91 Å². The van der Waals surface area contributed by atoms with E-state index in [1.807, 2.05) is 6.92 Å². The van der Waals surface area contributed by atoms with Gasteiger partial charge in [-0.05, 0) is 31.4 Å². The number of carbonyl (C=O) groups is 1. The molecule has 0 saturated heterocycles. The van der Waals surface area contributed by atoms with E-state index in [0.717, 1.165) is 6.42 Å². The second kappa shape index (κ2) is 9.18. The smallest absolute Gasteiger partial charge is 0.251 e. The van der Waals surface area contributed by atoms with Gasteiger partial charge in [-0.2, -0.15) is 0 Å². The van der Waals surface area contributed by atoms with Crippen LogP contribution in [0.3, 0.4) is 0 Å². The number of amides is 1. The van der Waals surface area contributed by atoms with E-state index < -0.39 is 0 Å². The SMILES string of the molecule is C.COc1cc(C(=O)N[C@H](C)CC(C)C)cc(OC)c1OC. The number of ether oxygens (including phenoxy) is 3. The molecule has 126 valence electrons. The summed E-state index contributed by atoms with van der Waals surface area (Å²) in [7, 11) is 4.59. The Hall–Kier alpha value is -1.91. The van der Waals surface area contributed by atoms with Crippen LogP contribution in [0.1, 0.15) is 45.0 Å². The van der Waals surface area contributed by atoms with Crippen LogP contribution in [0.2, 0.25) is 0 Å². The lowest BCUT2D eigenvalue weighted by Crippen LogP contribution is -2.33. The Bertz CT molecular complexity index is 461. The predicted octanol–water partition coefficient (Wildman–Crippen LogP) is 3.51. The van der Waals surface area contributed by atoms with Crippen molar-refractivity contribution in [3.05, 3.63) is 17.7 Å². The standard InChI is InChI=1S/C16H25NO4.CH4/c1-10(2)7-11(3)17-16(18)12-8-13(19-4)15(21-6)14(9-12)20-5;/h8-11H,7H2,1-6H3,(H,17,18);1H4/t11-;/m1./s1. The highest BCUT2D eigenvalue weighted by Gasteiger charge is 2.18. The number of rotatable bonds is 7. The van der Waals surface area contributed by atoms with E-state index in [9.17, 15) is 4.79 Å². The first kappa shape index (κ1) is 20.1. The summed E-state index contributed by atoms with van der Waals surface area (Å²) in [6.45, 7) is 6.25. The molecular weight excluding hydrogens is 282 g/mol. The van der Waals surface area contributed by atoms with Crippen LogP contribution < -0.4 is 19.5 Å². The molecule has 5 nitrogen and oxygen atoms in total. The molecule has 1 amide bonds. The predicted molar refractivity (Wildman–Crippen MR) is 89.2 cm³/mol. The maximum Gasteiger partial charge on any atom is 0.251 e. The first-order valence-corrected chi connectivity index (χ1v) is 7.03. The van der Waals surface area contributed by atoms with Gasteiger partial charge in [0.2, 0.25) is 5.75 Å². The molecule has 1 aromatic carbocycles. The molecule has 0 aliphatic heterocycles. The lowest BCUT2D eigenvalue weighted by molar-refractivity contribution is 0.0935. The number of nitrogens with one attached hydrogen (secondary N) is 1. The lowest BCUT2D eigenvalue weighted by atomic mass is 10.0. The van der Waals surface area contributed by atoms with Gasteiger partial charge in [0.15, 0.2) is 11.5 Å². The molecule has 0 fully saturated rings. The molecular formula is C17H29NO4. The third-order valence-corrected chi connectivity index (χ3v) is 3.13. The van der Waals surface area contributed by atoms with Crippen molar-refractivity contribution < 1.29 is 19.0 Å². The molecule has 1 atom stereocenters. The van der Waals surface area contributed by atoms with Gasteiger partial charge < -0.3 is 19.5 Å². The van der Waals surface area contributed by atoms with Crippen LogP contribution in [0.5, 0.6) is 17.2 Å². The largest absolute Gasteiger partial charge is 0.493 e. The molecule has 1 aromatic rings. The zero-order valence-electron chi connectivity index (χ0n) is 13.6. The van der Waals surface area contributed by atoms with Crippen molar-refractivity contribution in [3.8, 4) is 17.2 Å². The molecule has 1 N–H and O–H groups in total. The highest BCUT2D eigenvalue weighted by Crippen LogP contribution is 2.38. The zero-order chi connectivity index (χ0) is 16.0. The lowest BCUT2D eigenvalue weighted by Gasteiger charge is -2.17. The summed E-state index contributed by atoms with van der Waals surface area (Å²) < 4.78 is 15.8. The molecule has 5 heteroatoms. The maximum atomic E-state index is 12.3. The first-order chi connectivity index (χ1) is 9.92. The van der Waals surface area contributed by atoms with Gasteiger partial charge in [-0.25, -0.2) is 0 Å². The topological polar surface area (TPSA) is 56.8 Å². The van der Waals surface area contributed by atoms with Crippen molar-refractivity contribution in [2.24, 2.45) is 5.92 Å². The van der Waals surface area contributed by atoms with Gasteiger partial charge in [-0.3, -0.25) is 4.79 Å².